The molecular formula is C22H33N3O4S2. The molecule has 172 valence electrons. The van der Waals surface area contributed by atoms with Crippen molar-refractivity contribution in [3.63, 3.8) is 0 Å². The van der Waals surface area contributed by atoms with E-state index in [9.17, 15) is 13.2 Å². The van der Waals surface area contributed by atoms with Crippen LogP contribution in [0, 0.1) is 11.3 Å². The van der Waals surface area contributed by atoms with Gasteiger partial charge in [0, 0.05) is 29.9 Å². The molecule has 1 aliphatic carbocycles. The highest BCUT2D eigenvalue weighted by Crippen LogP contribution is 2.40. The molecule has 4 rings (SSSR count). The van der Waals surface area contributed by atoms with E-state index in [1.165, 1.54) is 10.6 Å². The lowest BCUT2D eigenvalue weighted by Gasteiger charge is -2.33. The smallest absolute Gasteiger partial charge is 0.197 e. The summed E-state index contributed by atoms with van der Waals surface area (Å²) in [6.07, 6.45) is 5.43. The summed E-state index contributed by atoms with van der Waals surface area (Å²) in [7, 11) is -3.44. The fourth-order valence-corrected chi connectivity index (χ4v) is 7.03. The van der Waals surface area contributed by atoms with Gasteiger partial charge in [-0.25, -0.2) is 13.4 Å². The first-order chi connectivity index (χ1) is 14.6. The van der Waals surface area contributed by atoms with Crippen molar-refractivity contribution in [2.24, 2.45) is 11.3 Å². The van der Waals surface area contributed by atoms with E-state index in [0.717, 1.165) is 43.9 Å². The average molecular weight is 468 g/mol. The third-order valence-corrected chi connectivity index (χ3v) is 9.29. The topological polar surface area (TPSA) is 81.0 Å². The van der Waals surface area contributed by atoms with Crippen LogP contribution in [-0.4, -0.2) is 72.8 Å². The molecule has 1 saturated heterocycles. The zero-order valence-electron chi connectivity index (χ0n) is 18.7. The number of rotatable bonds is 7. The van der Waals surface area contributed by atoms with Crippen LogP contribution in [0.2, 0.25) is 0 Å². The van der Waals surface area contributed by atoms with Crippen molar-refractivity contribution in [1.29, 1.82) is 0 Å². The molecule has 0 aromatic carbocycles. The zero-order chi connectivity index (χ0) is 22.2. The van der Waals surface area contributed by atoms with Gasteiger partial charge in [0.2, 0.25) is 0 Å². The van der Waals surface area contributed by atoms with Crippen LogP contribution >= 0.6 is 11.3 Å². The maximum atomic E-state index is 12.7. The number of fused-ring (bicyclic) bond motifs is 3. The van der Waals surface area contributed by atoms with Gasteiger partial charge < -0.3 is 4.74 Å². The number of ether oxygens (including phenoxy) is 1. The van der Waals surface area contributed by atoms with Crippen molar-refractivity contribution < 1.29 is 17.9 Å². The highest BCUT2D eigenvalue weighted by Gasteiger charge is 2.32. The van der Waals surface area contributed by atoms with E-state index in [-0.39, 0.29) is 16.9 Å². The van der Waals surface area contributed by atoms with Gasteiger partial charge in [-0.1, -0.05) is 20.8 Å². The number of Topliss-reactive ketones (excluding diaryl/α,β-unsaturated/α-hetero) is 1. The summed E-state index contributed by atoms with van der Waals surface area (Å²) in [5.74, 6) is -0.191. The van der Waals surface area contributed by atoms with E-state index < -0.39 is 21.4 Å². The zero-order valence-corrected chi connectivity index (χ0v) is 20.4. The number of carbonyl (C=O) groups is 1. The normalized spacial score (nSPS) is 20.8. The minimum atomic E-state index is -3.44. The predicted octanol–water partition coefficient (Wildman–Crippen LogP) is 2.87. The van der Waals surface area contributed by atoms with E-state index in [1.54, 1.807) is 17.5 Å². The van der Waals surface area contributed by atoms with Crippen molar-refractivity contribution in [3.05, 3.63) is 22.5 Å². The molecule has 1 fully saturated rings. The minimum Gasteiger partial charge on any atom is -0.379 e. The maximum absolute atomic E-state index is 12.7. The molecule has 0 saturated carbocycles. The third-order valence-electron chi connectivity index (χ3n) is 6.56. The highest BCUT2D eigenvalue weighted by molar-refractivity contribution is 7.92. The Morgan fingerprint density at radius 2 is 2.03 bits per heavy atom. The molecule has 2 aromatic rings. The number of morpholine rings is 1. The molecular weight excluding hydrogens is 434 g/mol. The van der Waals surface area contributed by atoms with Gasteiger partial charge in [-0.15, -0.1) is 11.3 Å². The van der Waals surface area contributed by atoms with Gasteiger partial charge in [-0.2, -0.15) is 0 Å². The summed E-state index contributed by atoms with van der Waals surface area (Å²) in [5.41, 5.74) is 1.78. The van der Waals surface area contributed by atoms with E-state index in [1.807, 2.05) is 4.40 Å². The molecule has 3 heterocycles. The van der Waals surface area contributed by atoms with Crippen molar-refractivity contribution in [2.75, 3.05) is 44.4 Å². The molecule has 0 spiro atoms. The Balaban J connectivity index is 1.37. The van der Waals surface area contributed by atoms with Gasteiger partial charge >= 0.3 is 0 Å². The molecule has 9 heteroatoms. The second-order valence-corrected chi connectivity index (χ2v) is 13.1. The minimum absolute atomic E-state index is 0.0297. The largest absolute Gasteiger partial charge is 0.379 e. The number of thiazole rings is 1. The molecule has 7 nitrogen and oxygen atoms in total. The number of sulfone groups is 1. The van der Waals surface area contributed by atoms with Gasteiger partial charge in [0.15, 0.2) is 20.6 Å². The van der Waals surface area contributed by atoms with Crippen molar-refractivity contribution in [1.82, 2.24) is 14.3 Å². The van der Waals surface area contributed by atoms with Crippen LogP contribution in [-0.2, 0) is 27.4 Å². The quantitative estimate of drug-likeness (QED) is 0.583. The summed E-state index contributed by atoms with van der Waals surface area (Å²) >= 11 is 1.64. The van der Waals surface area contributed by atoms with Crippen LogP contribution in [0.3, 0.4) is 0 Å². The fourth-order valence-electron chi connectivity index (χ4n) is 4.54. The standard InChI is InChI=1S/C22H33N3O4S2/c1-22(2,3)16-5-6-18-20(13-16)30-21-23-17(14-25(18)21)19(26)15-31(27,28)12-4-7-24-8-10-29-11-9-24/h14,16H,4-13,15H2,1-3H3. The summed E-state index contributed by atoms with van der Waals surface area (Å²) in [5, 5.41) is 0. The first kappa shape index (κ1) is 22.9. The fraction of sp³-hybridized carbons (Fsp3) is 0.727. The molecule has 1 aliphatic heterocycles. The molecule has 1 unspecified atom stereocenters. The second kappa shape index (κ2) is 8.92. The van der Waals surface area contributed by atoms with Crippen LogP contribution < -0.4 is 0 Å². The number of carbonyl (C=O) groups excluding carboxylic acids is 1. The Morgan fingerprint density at radius 1 is 1.29 bits per heavy atom. The SMILES string of the molecule is CC(C)(C)C1CCc2c(sc3nc(C(=O)CS(=O)(=O)CCCN4CCOCC4)cn23)C1. The van der Waals surface area contributed by atoms with Crippen LogP contribution in [0.1, 0.15) is 54.7 Å². The molecule has 31 heavy (non-hydrogen) atoms. The van der Waals surface area contributed by atoms with E-state index in [0.29, 0.717) is 25.6 Å². The first-order valence-corrected chi connectivity index (χ1v) is 13.8. The van der Waals surface area contributed by atoms with Crippen LogP contribution in [0.5, 0.6) is 0 Å². The summed E-state index contributed by atoms with van der Waals surface area (Å²) in [6, 6.07) is 0. The summed E-state index contributed by atoms with van der Waals surface area (Å²) in [6.45, 7) is 10.7. The van der Waals surface area contributed by atoms with Gasteiger partial charge in [-0.3, -0.25) is 14.1 Å². The average Bonchev–Trinajstić information content (AvgIpc) is 3.25. The summed E-state index contributed by atoms with van der Waals surface area (Å²) < 4.78 is 32.3. The molecule has 0 amide bonds. The van der Waals surface area contributed by atoms with Crippen LogP contribution in [0.4, 0.5) is 0 Å². The highest BCUT2D eigenvalue weighted by atomic mass is 32.2. The number of aromatic nitrogens is 2. The Labute approximate surface area is 188 Å². The number of hydrogen-bond acceptors (Lipinski definition) is 7. The van der Waals surface area contributed by atoms with E-state index in [4.69, 9.17) is 4.74 Å². The lowest BCUT2D eigenvalue weighted by Crippen LogP contribution is -2.37. The Morgan fingerprint density at radius 3 is 2.74 bits per heavy atom. The number of nitrogens with zero attached hydrogens (tertiary/aromatic N) is 3. The first-order valence-electron chi connectivity index (χ1n) is 11.2. The molecule has 2 aromatic heterocycles. The molecule has 1 atom stereocenters. The van der Waals surface area contributed by atoms with Crippen molar-refractivity contribution in [2.45, 2.75) is 46.5 Å². The molecule has 0 radical (unpaired) electrons. The third kappa shape index (κ3) is 5.38. The van der Waals surface area contributed by atoms with E-state index in [2.05, 4.69) is 30.7 Å². The monoisotopic (exact) mass is 467 g/mol. The van der Waals surface area contributed by atoms with Gasteiger partial charge in [-0.05, 0) is 43.6 Å². The molecule has 0 bridgehead atoms. The number of hydrogen-bond donors (Lipinski definition) is 0. The Kier molecular flexibility index (Phi) is 6.59. The van der Waals surface area contributed by atoms with Crippen LogP contribution in [0.25, 0.3) is 4.96 Å². The number of aryl methyl sites for hydroxylation is 1. The van der Waals surface area contributed by atoms with Crippen molar-refractivity contribution in [3.8, 4) is 0 Å². The summed E-state index contributed by atoms with van der Waals surface area (Å²) in [4.78, 5) is 21.5. The lowest BCUT2D eigenvalue weighted by atomic mass is 9.73. The number of imidazole rings is 1. The molecule has 2 aliphatic rings. The van der Waals surface area contributed by atoms with E-state index >= 15 is 0 Å². The van der Waals surface area contributed by atoms with Gasteiger partial charge in [0.25, 0.3) is 0 Å². The van der Waals surface area contributed by atoms with Gasteiger partial charge in [0.1, 0.15) is 11.4 Å². The predicted molar refractivity (Wildman–Crippen MR) is 123 cm³/mol. The molecule has 0 N–H and O–H groups in total. The Bertz CT molecular complexity index is 1040. The second-order valence-electron chi connectivity index (χ2n) is 9.88. The van der Waals surface area contributed by atoms with Crippen LogP contribution in [0.15, 0.2) is 6.20 Å². The van der Waals surface area contributed by atoms with Gasteiger partial charge in [0.05, 0.1) is 19.0 Å². The lowest BCUT2D eigenvalue weighted by molar-refractivity contribution is 0.0381. The Hall–Kier alpha value is -1.29. The van der Waals surface area contributed by atoms with Crippen molar-refractivity contribution >= 4 is 31.9 Å². The number of ketones is 1. The maximum Gasteiger partial charge on any atom is 0.197 e.